The molecule has 0 spiro atoms. The van der Waals surface area contributed by atoms with Crippen molar-refractivity contribution in [1.82, 2.24) is 15.0 Å². The SMILES string of the molecule is CSc1ccc(CN2CC(c3noc(Cc4cccs4)n3)CC2=O)cc1. The van der Waals surface area contributed by atoms with Crippen LogP contribution in [-0.4, -0.2) is 33.7 Å². The van der Waals surface area contributed by atoms with Gasteiger partial charge in [-0.1, -0.05) is 23.4 Å². The van der Waals surface area contributed by atoms with Gasteiger partial charge in [0.25, 0.3) is 0 Å². The number of benzene rings is 1. The Morgan fingerprint density at radius 2 is 2.15 bits per heavy atom. The van der Waals surface area contributed by atoms with E-state index in [1.54, 1.807) is 23.1 Å². The number of likely N-dealkylation sites (tertiary alicyclic amines) is 1. The van der Waals surface area contributed by atoms with Gasteiger partial charge in [-0.05, 0) is 35.4 Å². The molecule has 3 aromatic rings. The second-order valence-electron chi connectivity index (χ2n) is 6.33. The number of carbonyl (C=O) groups excluding carboxylic acids is 1. The van der Waals surface area contributed by atoms with Gasteiger partial charge >= 0.3 is 0 Å². The zero-order valence-electron chi connectivity index (χ0n) is 14.4. The first-order valence-corrected chi connectivity index (χ1v) is 10.6. The molecular formula is C19H19N3O2S2. The molecule has 0 aliphatic carbocycles. The van der Waals surface area contributed by atoms with Crippen LogP contribution in [0.5, 0.6) is 0 Å². The molecule has 1 aliphatic heterocycles. The lowest BCUT2D eigenvalue weighted by molar-refractivity contribution is -0.128. The van der Waals surface area contributed by atoms with E-state index >= 15 is 0 Å². The zero-order valence-corrected chi connectivity index (χ0v) is 16.1. The molecule has 0 saturated carbocycles. The minimum absolute atomic E-state index is 0.00815. The number of nitrogens with zero attached hydrogens (tertiary/aromatic N) is 3. The number of hydrogen-bond donors (Lipinski definition) is 0. The van der Waals surface area contributed by atoms with Gasteiger partial charge in [0, 0.05) is 35.2 Å². The van der Waals surface area contributed by atoms with Gasteiger partial charge in [0.15, 0.2) is 5.82 Å². The molecule has 3 heterocycles. The van der Waals surface area contributed by atoms with Gasteiger partial charge in [0.1, 0.15) is 0 Å². The van der Waals surface area contributed by atoms with Crippen molar-refractivity contribution in [3.8, 4) is 0 Å². The Bertz CT molecular complexity index is 875. The van der Waals surface area contributed by atoms with Gasteiger partial charge < -0.3 is 9.42 Å². The summed E-state index contributed by atoms with van der Waals surface area (Å²) < 4.78 is 5.38. The first kappa shape index (κ1) is 17.3. The molecule has 0 N–H and O–H groups in total. The standard InChI is InChI=1S/C19H19N3O2S2/c1-25-15-6-4-13(5-7-15)11-22-12-14(9-18(22)23)19-20-17(24-21-19)10-16-3-2-8-26-16/h2-8,14H,9-12H2,1H3. The fraction of sp³-hybridized carbons (Fsp3) is 0.316. The van der Waals surface area contributed by atoms with Crippen LogP contribution in [0.25, 0.3) is 0 Å². The van der Waals surface area contributed by atoms with Crippen LogP contribution in [0.15, 0.2) is 51.2 Å². The van der Waals surface area contributed by atoms with Crippen molar-refractivity contribution in [3.05, 3.63) is 63.9 Å². The van der Waals surface area contributed by atoms with E-state index in [2.05, 4.69) is 46.7 Å². The van der Waals surface area contributed by atoms with Crippen molar-refractivity contribution >= 4 is 29.0 Å². The van der Waals surface area contributed by atoms with Gasteiger partial charge in [-0.15, -0.1) is 23.1 Å². The van der Waals surface area contributed by atoms with E-state index in [9.17, 15) is 4.79 Å². The summed E-state index contributed by atoms with van der Waals surface area (Å²) >= 11 is 3.39. The van der Waals surface area contributed by atoms with Crippen molar-refractivity contribution < 1.29 is 9.32 Å². The average Bonchev–Trinajstić information content (AvgIpc) is 3.39. The van der Waals surface area contributed by atoms with Crippen LogP contribution in [0.4, 0.5) is 0 Å². The number of hydrogen-bond acceptors (Lipinski definition) is 6. The minimum atomic E-state index is 0.00815. The third-order valence-electron chi connectivity index (χ3n) is 4.50. The highest BCUT2D eigenvalue weighted by molar-refractivity contribution is 7.98. The van der Waals surface area contributed by atoms with Crippen molar-refractivity contribution in [2.75, 3.05) is 12.8 Å². The normalized spacial score (nSPS) is 17.2. The molecule has 1 amide bonds. The molecule has 7 heteroatoms. The molecule has 1 unspecified atom stereocenters. The third kappa shape index (κ3) is 3.83. The summed E-state index contributed by atoms with van der Waals surface area (Å²) in [6.07, 6.45) is 3.15. The topological polar surface area (TPSA) is 59.2 Å². The Morgan fingerprint density at radius 1 is 1.31 bits per heavy atom. The number of thioether (sulfide) groups is 1. The lowest BCUT2D eigenvalue weighted by Crippen LogP contribution is -2.24. The van der Waals surface area contributed by atoms with Gasteiger partial charge in [0.05, 0.1) is 6.42 Å². The predicted molar refractivity (Wildman–Crippen MR) is 102 cm³/mol. The van der Waals surface area contributed by atoms with Crippen molar-refractivity contribution in [2.24, 2.45) is 0 Å². The van der Waals surface area contributed by atoms with Gasteiger partial charge in [-0.3, -0.25) is 4.79 Å². The highest BCUT2D eigenvalue weighted by Gasteiger charge is 2.33. The molecule has 5 nitrogen and oxygen atoms in total. The average molecular weight is 386 g/mol. The van der Waals surface area contributed by atoms with Crippen molar-refractivity contribution in [1.29, 1.82) is 0 Å². The maximum absolute atomic E-state index is 12.4. The lowest BCUT2D eigenvalue weighted by Gasteiger charge is -2.16. The molecular weight excluding hydrogens is 366 g/mol. The molecule has 1 fully saturated rings. The summed E-state index contributed by atoms with van der Waals surface area (Å²) in [4.78, 5) is 21.2. The second kappa shape index (κ2) is 7.63. The van der Waals surface area contributed by atoms with Gasteiger partial charge in [-0.25, -0.2) is 0 Å². The quantitative estimate of drug-likeness (QED) is 0.601. The van der Waals surface area contributed by atoms with E-state index in [1.807, 2.05) is 16.3 Å². The fourth-order valence-corrected chi connectivity index (χ4v) is 4.22. The van der Waals surface area contributed by atoms with E-state index in [-0.39, 0.29) is 11.8 Å². The molecule has 134 valence electrons. The number of rotatable bonds is 6. The van der Waals surface area contributed by atoms with E-state index in [4.69, 9.17) is 4.52 Å². The van der Waals surface area contributed by atoms with Crippen molar-refractivity contribution in [3.63, 3.8) is 0 Å². The van der Waals surface area contributed by atoms with E-state index in [0.29, 0.717) is 37.6 Å². The summed E-state index contributed by atoms with van der Waals surface area (Å²) in [7, 11) is 0. The van der Waals surface area contributed by atoms with E-state index in [1.165, 1.54) is 9.77 Å². The number of aromatic nitrogens is 2. The highest BCUT2D eigenvalue weighted by Crippen LogP contribution is 2.28. The molecule has 0 bridgehead atoms. The minimum Gasteiger partial charge on any atom is -0.339 e. The molecule has 4 rings (SSSR count). The molecule has 1 atom stereocenters. The van der Waals surface area contributed by atoms with Crippen LogP contribution in [-0.2, 0) is 17.8 Å². The maximum atomic E-state index is 12.4. The van der Waals surface area contributed by atoms with E-state index in [0.717, 1.165) is 5.56 Å². The Labute approximate surface area is 160 Å². The van der Waals surface area contributed by atoms with Crippen LogP contribution in [0.2, 0.25) is 0 Å². The van der Waals surface area contributed by atoms with Crippen molar-refractivity contribution in [2.45, 2.75) is 30.2 Å². The predicted octanol–water partition coefficient (Wildman–Crippen LogP) is 3.96. The second-order valence-corrected chi connectivity index (χ2v) is 8.24. The Morgan fingerprint density at radius 3 is 2.88 bits per heavy atom. The number of amides is 1. The molecule has 1 saturated heterocycles. The zero-order chi connectivity index (χ0) is 17.9. The molecule has 26 heavy (non-hydrogen) atoms. The Balaban J connectivity index is 1.40. The molecule has 1 aromatic carbocycles. The summed E-state index contributed by atoms with van der Waals surface area (Å²) in [5.74, 6) is 1.41. The maximum Gasteiger partial charge on any atom is 0.231 e. The van der Waals surface area contributed by atoms with Crippen LogP contribution in [0.3, 0.4) is 0 Å². The summed E-state index contributed by atoms with van der Waals surface area (Å²) in [6.45, 7) is 1.27. The van der Waals surface area contributed by atoms with Gasteiger partial charge in [0.2, 0.25) is 11.8 Å². The van der Waals surface area contributed by atoms with E-state index < -0.39 is 0 Å². The van der Waals surface area contributed by atoms with Crippen LogP contribution in [0, 0.1) is 0 Å². The first-order chi connectivity index (χ1) is 12.7. The number of thiophene rings is 1. The number of carbonyl (C=O) groups is 1. The Kier molecular flexibility index (Phi) is 5.08. The molecule has 2 aromatic heterocycles. The highest BCUT2D eigenvalue weighted by atomic mass is 32.2. The fourth-order valence-electron chi connectivity index (χ4n) is 3.12. The molecule has 0 radical (unpaired) electrons. The summed E-state index contributed by atoms with van der Waals surface area (Å²) in [6, 6.07) is 12.4. The summed E-state index contributed by atoms with van der Waals surface area (Å²) in [5.41, 5.74) is 1.14. The first-order valence-electron chi connectivity index (χ1n) is 8.47. The molecule has 1 aliphatic rings. The Hall–Kier alpha value is -2.12. The van der Waals surface area contributed by atoms with Crippen LogP contribution < -0.4 is 0 Å². The van der Waals surface area contributed by atoms with Crippen LogP contribution >= 0.6 is 23.1 Å². The smallest absolute Gasteiger partial charge is 0.231 e. The third-order valence-corrected chi connectivity index (χ3v) is 6.12. The monoisotopic (exact) mass is 385 g/mol. The van der Waals surface area contributed by atoms with Gasteiger partial charge in [-0.2, -0.15) is 4.98 Å². The lowest BCUT2D eigenvalue weighted by atomic mass is 10.1. The summed E-state index contributed by atoms with van der Waals surface area (Å²) in [5, 5.41) is 6.15. The largest absolute Gasteiger partial charge is 0.339 e. The van der Waals surface area contributed by atoms with Crippen LogP contribution in [0.1, 0.15) is 34.5 Å².